The Morgan fingerprint density at radius 2 is 1.74 bits per heavy atom. The van der Waals surface area contributed by atoms with Gasteiger partial charge >= 0.3 is 0 Å². The summed E-state index contributed by atoms with van der Waals surface area (Å²) in [6.45, 7) is 2.87. The Hall–Kier alpha value is -1.67. The first-order chi connectivity index (χ1) is 9.06. The van der Waals surface area contributed by atoms with Crippen molar-refractivity contribution in [1.29, 1.82) is 0 Å². The smallest absolute Gasteiger partial charge is 0.0410 e. The van der Waals surface area contributed by atoms with E-state index < -0.39 is 0 Å². The Labute approximate surface area is 120 Å². The Morgan fingerprint density at radius 3 is 2.32 bits per heavy atom. The monoisotopic (exact) mass is 274 g/mol. The van der Waals surface area contributed by atoms with Gasteiger partial charge in [-0.3, -0.25) is 0 Å². The Kier molecular flexibility index (Phi) is 4.33. The molecule has 0 saturated heterocycles. The van der Waals surface area contributed by atoms with Crippen LogP contribution in [0, 0.1) is 6.92 Å². The van der Waals surface area contributed by atoms with E-state index in [1.165, 1.54) is 11.3 Å². The summed E-state index contributed by atoms with van der Waals surface area (Å²) in [6.07, 6.45) is 0. The minimum atomic E-state index is 0.776. The van der Waals surface area contributed by atoms with Gasteiger partial charge in [0.2, 0.25) is 0 Å². The van der Waals surface area contributed by atoms with Crippen LogP contribution >= 0.6 is 11.6 Å². The van der Waals surface area contributed by atoms with Gasteiger partial charge in [0, 0.05) is 37.0 Å². The van der Waals surface area contributed by atoms with Gasteiger partial charge in [-0.05, 0) is 48.4 Å². The molecular formula is C16H19ClN2. The standard InChI is InChI=1S/C16H19ClN2/c1-12-10-14(17)6-9-16(12)18-11-13-4-7-15(8-5-13)19(2)3/h4-10,18H,11H2,1-3H3. The van der Waals surface area contributed by atoms with Crippen molar-refractivity contribution in [3.05, 3.63) is 58.6 Å². The number of rotatable bonds is 4. The van der Waals surface area contributed by atoms with Gasteiger partial charge in [-0.15, -0.1) is 0 Å². The summed E-state index contributed by atoms with van der Waals surface area (Å²) in [5.74, 6) is 0. The normalized spacial score (nSPS) is 10.3. The number of hydrogen-bond acceptors (Lipinski definition) is 2. The zero-order valence-corrected chi connectivity index (χ0v) is 12.3. The molecule has 2 rings (SSSR count). The third kappa shape index (κ3) is 3.65. The Balaban J connectivity index is 2.02. The number of halogens is 1. The lowest BCUT2D eigenvalue weighted by Gasteiger charge is -2.14. The average molecular weight is 275 g/mol. The zero-order valence-electron chi connectivity index (χ0n) is 11.6. The van der Waals surface area contributed by atoms with Crippen molar-refractivity contribution in [3.63, 3.8) is 0 Å². The summed E-state index contributed by atoms with van der Waals surface area (Å²) in [7, 11) is 4.09. The van der Waals surface area contributed by atoms with E-state index >= 15 is 0 Å². The highest BCUT2D eigenvalue weighted by Crippen LogP contribution is 2.20. The van der Waals surface area contributed by atoms with Crippen LogP contribution in [0.5, 0.6) is 0 Å². The van der Waals surface area contributed by atoms with Crippen LogP contribution in [0.15, 0.2) is 42.5 Å². The second-order valence-corrected chi connectivity index (χ2v) is 5.31. The molecule has 0 aliphatic heterocycles. The molecule has 0 amide bonds. The highest BCUT2D eigenvalue weighted by atomic mass is 35.5. The first kappa shape index (κ1) is 13.8. The van der Waals surface area contributed by atoms with Crippen LogP contribution in [0.25, 0.3) is 0 Å². The quantitative estimate of drug-likeness (QED) is 0.893. The van der Waals surface area contributed by atoms with E-state index in [1.807, 2.05) is 32.3 Å². The number of nitrogens with one attached hydrogen (secondary N) is 1. The fourth-order valence-corrected chi connectivity index (χ4v) is 2.16. The largest absolute Gasteiger partial charge is 0.381 e. The van der Waals surface area contributed by atoms with E-state index in [2.05, 4.69) is 41.4 Å². The van der Waals surface area contributed by atoms with E-state index in [-0.39, 0.29) is 0 Å². The number of aryl methyl sites for hydroxylation is 1. The lowest BCUT2D eigenvalue weighted by atomic mass is 10.1. The topological polar surface area (TPSA) is 15.3 Å². The molecule has 0 radical (unpaired) electrons. The molecule has 0 aromatic heterocycles. The SMILES string of the molecule is Cc1cc(Cl)ccc1NCc1ccc(N(C)C)cc1. The van der Waals surface area contributed by atoms with E-state index in [0.29, 0.717) is 0 Å². The molecule has 3 heteroatoms. The van der Waals surface area contributed by atoms with Gasteiger partial charge in [0.25, 0.3) is 0 Å². The molecule has 19 heavy (non-hydrogen) atoms. The van der Waals surface area contributed by atoms with Gasteiger partial charge in [0.1, 0.15) is 0 Å². The molecular weight excluding hydrogens is 256 g/mol. The molecule has 1 N–H and O–H groups in total. The van der Waals surface area contributed by atoms with Crippen LogP contribution in [0.3, 0.4) is 0 Å². The van der Waals surface area contributed by atoms with E-state index in [0.717, 1.165) is 22.8 Å². The fraction of sp³-hybridized carbons (Fsp3) is 0.250. The van der Waals surface area contributed by atoms with Crippen molar-refractivity contribution in [3.8, 4) is 0 Å². The number of benzene rings is 2. The lowest BCUT2D eigenvalue weighted by molar-refractivity contribution is 1.11. The molecule has 2 nitrogen and oxygen atoms in total. The average Bonchev–Trinajstić information content (AvgIpc) is 2.38. The molecule has 0 atom stereocenters. The van der Waals surface area contributed by atoms with Crippen molar-refractivity contribution < 1.29 is 0 Å². The predicted molar refractivity (Wildman–Crippen MR) is 84.3 cm³/mol. The van der Waals surface area contributed by atoms with Crippen LogP contribution in [0.2, 0.25) is 5.02 Å². The Bertz CT molecular complexity index is 547. The predicted octanol–water partition coefficient (Wildman–Crippen LogP) is 4.33. The molecule has 2 aromatic carbocycles. The van der Waals surface area contributed by atoms with Crippen molar-refractivity contribution in [2.45, 2.75) is 13.5 Å². The van der Waals surface area contributed by atoms with Crippen LogP contribution in [-0.2, 0) is 6.54 Å². The van der Waals surface area contributed by atoms with E-state index in [1.54, 1.807) is 0 Å². The second-order valence-electron chi connectivity index (χ2n) is 4.87. The van der Waals surface area contributed by atoms with Crippen molar-refractivity contribution in [1.82, 2.24) is 0 Å². The molecule has 0 spiro atoms. The molecule has 2 aromatic rings. The fourth-order valence-electron chi connectivity index (χ4n) is 1.93. The van der Waals surface area contributed by atoms with Gasteiger partial charge in [-0.2, -0.15) is 0 Å². The van der Waals surface area contributed by atoms with E-state index in [4.69, 9.17) is 11.6 Å². The molecule has 0 heterocycles. The van der Waals surface area contributed by atoms with Gasteiger partial charge < -0.3 is 10.2 Å². The third-order valence-electron chi connectivity index (χ3n) is 3.12. The zero-order chi connectivity index (χ0) is 13.8. The van der Waals surface area contributed by atoms with E-state index in [9.17, 15) is 0 Å². The molecule has 0 aliphatic rings. The highest BCUT2D eigenvalue weighted by Gasteiger charge is 2.00. The molecule has 0 bridgehead atoms. The minimum Gasteiger partial charge on any atom is -0.381 e. The Morgan fingerprint density at radius 1 is 1.05 bits per heavy atom. The van der Waals surface area contributed by atoms with Gasteiger partial charge in [-0.25, -0.2) is 0 Å². The summed E-state index contributed by atoms with van der Waals surface area (Å²) in [5.41, 5.74) is 4.77. The molecule has 0 fully saturated rings. The van der Waals surface area contributed by atoms with Gasteiger partial charge in [-0.1, -0.05) is 23.7 Å². The van der Waals surface area contributed by atoms with Crippen LogP contribution in [0.4, 0.5) is 11.4 Å². The second kappa shape index (κ2) is 5.98. The molecule has 0 saturated carbocycles. The number of anilines is 2. The van der Waals surface area contributed by atoms with Crippen molar-refractivity contribution in [2.75, 3.05) is 24.3 Å². The first-order valence-corrected chi connectivity index (χ1v) is 6.70. The first-order valence-electron chi connectivity index (χ1n) is 6.32. The molecule has 0 aliphatic carbocycles. The third-order valence-corrected chi connectivity index (χ3v) is 3.36. The van der Waals surface area contributed by atoms with Crippen molar-refractivity contribution in [2.24, 2.45) is 0 Å². The lowest BCUT2D eigenvalue weighted by Crippen LogP contribution is -2.08. The summed E-state index contributed by atoms with van der Waals surface area (Å²) in [6, 6.07) is 14.5. The molecule has 100 valence electrons. The molecule has 0 unspecified atom stereocenters. The maximum atomic E-state index is 5.95. The van der Waals surface area contributed by atoms with Gasteiger partial charge in [0.15, 0.2) is 0 Å². The number of nitrogens with zero attached hydrogens (tertiary/aromatic N) is 1. The highest BCUT2D eigenvalue weighted by molar-refractivity contribution is 6.30. The van der Waals surface area contributed by atoms with Crippen molar-refractivity contribution >= 4 is 23.0 Å². The van der Waals surface area contributed by atoms with Gasteiger partial charge in [0.05, 0.1) is 0 Å². The maximum Gasteiger partial charge on any atom is 0.0410 e. The van der Waals surface area contributed by atoms with Crippen LogP contribution in [-0.4, -0.2) is 14.1 Å². The summed E-state index contributed by atoms with van der Waals surface area (Å²) in [5, 5.41) is 4.21. The maximum absolute atomic E-state index is 5.95. The summed E-state index contributed by atoms with van der Waals surface area (Å²) < 4.78 is 0. The number of hydrogen-bond donors (Lipinski definition) is 1. The van der Waals surface area contributed by atoms with Crippen LogP contribution < -0.4 is 10.2 Å². The summed E-state index contributed by atoms with van der Waals surface area (Å²) >= 11 is 5.95. The minimum absolute atomic E-state index is 0.776. The summed E-state index contributed by atoms with van der Waals surface area (Å²) in [4.78, 5) is 2.10. The van der Waals surface area contributed by atoms with Crippen LogP contribution in [0.1, 0.15) is 11.1 Å².